The number of hydrogen-bond acceptors (Lipinski definition) is 5. The van der Waals surface area contributed by atoms with Crippen molar-refractivity contribution in [2.24, 2.45) is 5.92 Å². The highest BCUT2D eigenvalue weighted by molar-refractivity contribution is 6.15. The van der Waals surface area contributed by atoms with Crippen molar-refractivity contribution in [2.45, 2.75) is 0 Å². The molecule has 2 aromatic rings. The molecule has 0 bridgehead atoms. The number of hydrogen-bond donors (Lipinski definition) is 1. The zero-order chi connectivity index (χ0) is 17.5. The Balaban J connectivity index is 2.15. The van der Waals surface area contributed by atoms with Crippen LogP contribution in [0.3, 0.4) is 0 Å². The molecule has 0 aromatic heterocycles. The number of rotatable bonds is 6. The highest BCUT2D eigenvalue weighted by Gasteiger charge is 2.27. The number of ether oxygens (including phenoxy) is 2. The first-order chi connectivity index (χ1) is 11.6. The fourth-order valence-corrected chi connectivity index (χ4v) is 2.07. The molecule has 1 unspecified atom stereocenters. The molecule has 6 nitrogen and oxygen atoms in total. The van der Waals surface area contributed by atoms with Gasteiger partial charge < -0.3 is 14.8 Å². The van der Waals surface area contributed by atoms with Crippen molar-refractivity contribution in [1.29, 1.82) is 5.26 Å². The number of carbonyl (C=O) groups is 2. The van der Waals surface area contributed by atoms with Gasteiger partial charge in [0.05, 0.1) is 20.3 Å². The van der Waals surface area contributed by atoms with Crippen molar-refractivity contribution in [1.82, 2.24) is 0 Å². The minimum Gasteiger partial charge on any atom is -0.497 e. The highest BCUT2D eigenvalue weighted by Crippen LogP contribution is 2.19. The molecule has 1 amide bonds. The number of Topliss-reactive ketones (excluding diaryl/α,β-unsaturated/α-hetero) is 1. The molecule has 1 N–H and O–H groups in total. The summed E-state index contributed by atoms with van der Waals surface area (Å²) in [5.41, 5.74) is 0.713. The molecule has 2 rings (SSSR count). The Morgan fingerprint density at radius 3 is 2.29 bits per heavy atom. The van der Waals surface area contributed by atoms with E-state index in [1.54, 1.807) is 42.5 Å². The average Bonchev–Trinajstić information content (AvgIpc) is 2.62. The summed E-state index contributed by atoms with van der Waals surface area (Å²) in [6.45, 7) is 0. The maximum Gasteiger partial charge on any atom is 0.249 e. The van der Waals surface area contributed by atoms with Crippen LogP contribution in [-0.4, -0.2) is 25.9 Å². The Morgan fingerprint density at radius 1 is 1.04 bits per heavy atom. The van der Waals surface area contributed by atoms with Crippen LogP contribution in [0, 0.1) is 17.2 Å². The van der Waals surface area contributed by atoms with Gasteiger partial charge in [0, 0.05) is 17.3 Å². The molecule has 0 fully saturated rings. The Morgan fingerprint density at radius 2 is 1.71 bits per heavy atom. The normalized spacial score (nSPS) is 11.0. The summed E-state index contributed by atoms with van der Waals surface area (Å²) in [7, 11) is 3.02. The molecular weight excluding hydrogens is 308 g/mol. The topological polar surface area (TPSA) is 88.4 Å². The molecule has 0 aliphatic heterocycles. The minimum atomic E-state index is -1.44. The molecule has 0 radical (unpaired) electrons. The number of nitrogens with zero attached hydrogens (tertiary/aromatic N) is 1. The predicted octanol–water partition coefficient (Wildman–Crippen LogP) is 2.66. The second-order valence-electron chi connectivity index (χ2n) is 4.88. The van der Waals surface area contributed by atoms with Gasteiger partial charge in [-0.25, -0.2) is 0 Å². The van der Waals surface area contributed by atoms with Crippen LogP contribution >= 0.6 is 0 Å². The zero-order valence-corrected chi connectivity index (χ0v) is 13.3. The van der Waals surface area contributed by atoms with Gasteiger partial charge in [-0.05, 0) is 36.4 Å². The minimum absolute atomic E-state index is 0.267. The van der Waals surface area contributed by atoms with Crippen molar-refractivity contribution in [3.05, 3.63) is 54.1 Å². The van der Waals surface area contributed by atoms with Crippen molar-refractivity contribution in [2.75, 3.05) is 19.5 Å². The number of nitrogens with one attached hydrogen (secondary N) is 1. The lowest BCUT2D eigenvalue weighted by atomic mass is 9.98. The van der Waals surface area contributed by atoms with E-state index in [0.717, 1.165) is 0 Å². The van der Waals surface area contributed by atoms with E-state index < -0.39 is 17.6 Å². The van der Waals surface area contributed by atoms with Gasteiger partial charge in [0.15, 0.2) is 11.7 Å². The molecule has 1 atom stereocenters. The van der Waals surface area contributed by atoms with E-state index in [-0.39, 0.29) is 5.56 Å². The van der Waals surface area contributed by atoms with Gasteiger partial charge in [-0.2, -0.15) is 5.26 Å². The summed E-state index contributed by atoms with van der Waals surface area (Å²) in [5.74, 6) is -1.56. The summed E-state index contributed by atoms with van der Waals surface area (Å²) >= 11 is 0. The number of amides is 1. The van der Waals surface area contributed by atoms with Crippen LogP contribution in [0.15, 0.2) is 48.5 Å². The molecule has 122 valence electrons. The molecule has 24 heavy (non-hydrogen) atoms. The molecule has 0 saturated carbocycles. The third-order valence-corrected chi connectivity index (χ3v) is 3.37. The van der Waals surface area contributed by atoms with Crippen LogP contribution in [0.25, 0.3) is 0 Å². The zero-order valence-electron chi connectivity index (χ0n) is 13.3. The van der Waals surface area contributed by atoms with Gasteiger partial charge in [0.25, 0.3) is 0 Å². The van der Waals surface area contributed by atoms with Crippen LogP contribution in [0.1, 0.15) is 10.4 Å². The summed E-state index contributed by atoms with van der Waals surface area (Å²) < 4.78 is 10.1. The van der Waals surface area contributed by atoms with E-state index in [2.05, 4.69) is 5.32 Å². The lowest BCUT2D eigenvalue weighted by molar-refractivity contribution is -0.117. The Hall–Kier alpha value is -3.33. The van der Waals surface area contributed by atoms with Crippen molar-refractivity contribution in [3.8, 4) is 17.6 Å². The fraction of sp³-hybridized carbons (Fsp3) is 0.167. The van der Waals surface area contributed by atoms with Gasteiger partial charge in [-0.15, -0.1) is 0 Å². The van der Waals surface area contributed by atoms with E-state index in [9.17, 15) is 14.9 Å². The van der Waals surface area contributed by atoms with Gasteiger partial charge in [-0.3, -0.25) is 9.59 Å². The molecular formula is C18H16N2O4. The largest absolute Gasteiger partial charge is 0.497 e. The number of nitriles is 1. The summed E-state index contributed by atoms with van der Waals surface area (Å²) in [4.78, 5) is 24.6. The molecule has 2 aromatic carbocycles. The fourth-order valence-electron chi connectivity index (χ4n) is 2.07. The monoisotopic (exact) mass is 324 g/mol. The molecule has 6 heteroatoms. The van der Waals surface area contributed by atoms with Crippen LogP contribution < -0.4 is 14.8 Å². The maximum atomic E-state index is 12.4. The van der Waals surface area contributed by atoms with E-state index in [1.807, 2.05) is 0 Å². The predicted molar refractivity (Wildman–Crippen MR) is 88.1 cm³/mol. The first-order valence-corrected chi connectivity index (χ1v) is 7.12. The summed E-state index contributed by atoms with van der Waals surface area (Å²) in [6.07, 6.45) is 0. The highest BCUT2D eigenvalue weighted by atomic mass is 16.5. The number of benzene rings is 2. The third kappa shape index (κ3) is 3.90. The van der Waals surface area contributed by atoms with Crippen LogP contribution in [0.5, 0.6) is 11.5 Å². The van der Waals surface area contributed by atoms with E-state index in [1.165, 1.54) is 26.4 Å². The Kier molecular flexibility index (Phi) is 5.53. The van der Waals surface area contributed by atoms with E-state index >= 15 is 0 Å². The standard InChI is InChI=1S/C18H16N2O4/c1-23-14-8-6-12(7-9-14)17(21)16(11-19)18(22)20-13-4-3-5-15(10-13)24-2/h3-10,16H,1-2H3,(H,20,22). The first kappa shape index (κ1) is 17.0. The Bertz CT molecular complexity index is 778. The quantitative estimate of drug-likeness (QED) is 0.652. The number of methoxy groups -OCH3 is 2. The van der Waals surface area contributed by atoms with Crippen molar-refractivity contribution >= 4 is 17.4 Å². The average molecular weight is 324 g/mol. The number of carbonyl (C=O) groups excluding carboxylic acids is 2. The molecule has 0 aliphatic carbocycles. The van der Waals surface area contributed by atoms with Gasteiger partial charge >= 0.3 is 0 Å². The van der Waals surface area contributed by atoms with Crippen LogP contribution in [0.2, 0.25) is 0 Å². The maximum absolute atomic E-state index is 12.4. The second kappa shape index (κ2) is 7.79. The lowest BCUT2D eigenvalue weighted by Gasteiger charge is -2.11. The van der Waals surface area contributed by atoms with Gasteiger partial charge in [0.1, 0.15) is 11.5 Å². The summed E-state index contributed by atoms with van der Waals surface area (Å²) in [6, 6.07) is 14.7. The second-order valence-corrected chi connectivity index (χ2v) is 4.88. The first-order valence-electron chi connectivity index (χ1n) is 7.12. The van der Waals surface area contributed by atoms with Gasteiger partial charge in [-0.1, -0.05) is 6.07 Å². The lowest BCUT2D eigenvalue weighted by Crippen LogP contribution is -2.28. The molecule has 0 heterocycles. The van der Waals surface area contributed by atoms with Crippen molar-refractivity contribution < 1.29 is 19.1 Å². The summed E-state index contributed by atoms with van der Waals surface area (Å²) in [5, 5.41) is 11.8. The molecule has 0 saturated heterocycles. The number of ketones is 1. The molecule has 0 spiro atoms. The van der Waals surface area contributed by atoms with E-state index in [0.29, 0.717) is 17.2 Å². The van der Waals surface area contributed by atoms with Crippen LogP contribution in [0.4, 0.5) is 5.69 Å². The van der Waals surface area contributed by atoms with Crippen molar-refractivity contribution in [3.63, 3.8) is 0 Å². The van der Waals surface area contributed by atoms with Crippen LogP contribution in [-0.2, 0) is 4.79 Å². The number of anilines is 1. The third-order valence-electron chi connectivity index (χ3n) is 3.37. The van der Waals surface area contributed by atoms with E-state index in [4.69, 9.17) is 9.47 Å². The Labute approximate surface area is 139 Å². The SMILES string of the molecule is COc1ccc(C(=O)C(C#N)C(=O)Nc2cccc(OC)c2)cc1. The smallest absolute Gasteiger partial charge is 0.249 e. The molecule has 0 aliphatic rings. The van der Waals surface area contributed by atoms with Gasteiger partial charge in [0.2, 0.25) is 5.91 Å².